The topological polar surface area (TPSA) is 82.2 Å². The van der Waals surface area contributed by atoms with Gasteiger partial charge in [0.05, 0.1) is 17.3 Å². The molecule has 1 aliphatic heterocycles. The highest BCUT2D eigenvalue weighted by Gasteiger charge is 2.28. The van der Waals surface area contributed by atoms with E-state index in [0.717, 1.165) is 0 Å². The van der Waals surface area contributed by atoms with E-state index in [1.165, 1.54) is 6.07 Å². The van der Waals surface area contributed by atoms with Crippen molar-refractivity contribution in [3.8, 4) is 6.07 Å². The van der Waals surface area contributed by atoms with Gasteiger partial charge in [-0.15, -0.1) is 0 Å². The van der Waals surface area contributed by atoms with Crippen LogP contribution in [0.15, 0.2) is 42.5 Å². The number of hydrogen-bond acceptors (Lipinski definition) is 4. The smallest absolute Gasteiger partial charge is 0.243 e. The Labute approximate surface area is 126 Å². The van der Waals surface area contributed by atoms with E-state index in [2.05, 4.69) is 11.4 Å². The Hall–Kier alpha value is -2.91. The van der Waals surface area contributed by atoms with Gasteiger partial charge in [0.15, 0.2) is 0 Å². The maximum absolute atomic E-state index is 14.1. The van der Waals surface area contributed by atoms with Crippen LogP contribution in [-0.2, 0) is 4.79 Å². The zero-order valence-corrected chi connectivity index (χ0v) is 11.6. The fourth-order valence-electron chi connectivity index (χ4n) is 2.44. The number of nitrogens with one attached hydrogen (secondary N) is 1. The van der Waals surface area contributed by atoms with Gasteiger partial charge in [-0.2, -0.15) is 5.26 Å². The second-order valence-corrected chi connectivity index (χ2v) is 5.00. The summed E-state index contributed by atoms with van der Waals surface area (Å²) < 4.78 is 14.1. The lowest BCUT2D eigenvalue weighted by Crippen LogP contribution is -2.41. The third kappa shape index (κ3) is 2.38. The average molecular weight is 296 g/mol. The van der Waals surface area contributed by atoms with Crippen LogP contribution in [0.3, 0.4) is 0 Å². The first kappa shape index (κ1) is 14.0. The molecule has 0 aromatic heterocycles. The fourth-order valence-corrected chi connectivity index (χ4v) is 2.44. The second kappa shape index (κ2) is 5.47. The molecular formula is C16H13FN4O. The van der Waals surface area contributed by atoms with Crippen molar-refractivity contribution in [1.29, 1.82) is 5.26 Å². The molecule has 0 radical (unpaired) electrons. The van der Waals surface area contributed by atoms with Gasteiger partial charge in [0.25, 0.3) is 0 Å². The minimum Gasteiger partial charge on any atom is -0.338 e. The van der Waals surface area contributed by atoms with E-state index in [1.54, 1.807) is 41.3 Å². The Balaban J connectivity index is 2.16. The third-order valence-corrected chi connectivity index (χ3v) is 3.53. The molecule has 1 atom stereocenters. The molecule has 1 heterocycles. The molecule has 2 aromatic carbocycles. The summed E-state index contributed by atoms with van der Waals surface area (Å²) in [6, 6.07) is 12.7. The van der Waals surface area contributed by atoms with Gasteiger partial charge in [0, 0.05) is 12.2 Å². The summed E-state index contributed by atoms with van der Waals surface area (Å²) in [5, 5.41) is 11.6. The van der Waals surface area contributed by atoms with E-state index in [-0.39, 0.29) is 12.2 Å². The number of nitriles is 1. The molecule has 5 nitrogen and oxygen atoms in total. The molecule has 110 valence electrons. The van der Waals surface area contributed by atoms with Crippen molar-refractivity contribution in [2.75, 3.05) is 16.8 Å². The molecule has 0 bridgehead atoms. The molecule has 1 unspecified atom stereocenters. The van der Waals surface area contributed by atoms with Crippen molar-refractivity contribution >= 4 is 23.0 Å². The predicted octanol–water partition coefficient (Wildman–Crippen LogP) is 2.11. The number of amides is 1. The standard InChI is InChI=1S/C16H13FN4O/c17-12-5-2-6-14-15(12)20-16(22)13(19)9-21(14)11-4-1-3-10(7-11)8-18/h1-7,13H,9,19H2,(H,20,22). The van der Waals surface area contributed by atoms with Crippen molar-refractivity contribution in [2.45, 2.75) is 6.04 Å². The van der Waals surface area contributed by atoms with Gasteiger partial charge >= 0.3 is 0 Å². The van der Waals surface area contributed by atoms with Gasteiger partial charge in [-0.05, 0) is 30.3 Å². The second-order valence-electron chi connectivity index (χ2n) is 5.00. The van der Waals surface area contributed by atoms with Gasteiger partial charge in [0.2, 0.25) is 5.91 Å². The van der Waals surface area contributed by atoms with Gasteiger partial charge in [-0.3, -0.25) is 4.79 Å². The quantitative estimate of drug-likeness (QED) is 0.844. The molecule has 0 fully saturated rings. The molecule has 6 heteroatoms. The predicted molar refractivity (Wildman–Crippen MR) is 81.2 cm³/mol. The van der Waals surface area contributed by atoms with Crippen molar-refractivity contribution in [2.24, 2.45) is 5.73 Å². The molecule has 1 aliphatic rings. The van der Waals surface area contributed by atoms with Gasteiger partial charge < -0.3 is 16.0 Å². The van der Waals surface area contributed by atoms with Crippen molar-refractivity contribution in [3.63, 3.8) is 0 Å². The number of para-hydroxylation sites is 1. The van der Waals surface area contributed by atoms with E-state index in [0.29, 0.717) is 16.9 Å². The van der Waals surface area contributed by atoms with E-state index < -0.39 is 17.8 Å². The summed E-state index contributed by atoms with van der Waals surface area (Å²) in [5.41, 5.74) is 7.63. The average Bonchev–Trinajstić information content (AvgIpc) is 2.66. The highest BCUT2D eigenvalue weighted by atomic mass is 19.1. The van der Waals surface area contributed by atoms with Crippen LogP contribution < -0.4 is 16.0 Å². The molecule has 0 saturated heterocycles. The van der Waals surface area contributed by atoms with Crippen LogP contribution in [0.5, 0.6) is 0 Å². The maximum Gasteiger partial charge on any atom is 0.243 e. The van der Waals surface area contributed by atoms with Gasteiger partial charge in [-0.25, -0.2) is 4.39 Å². The summed E-state index contributed by atoms with van der Waals surface area (Å²) in [6.45, 7) is 0.192. The Morgan fingerprint density at radius 1 is 1.32 bits per heavy atom. The molecule has 1 amide bonds. The molecule has 0 aliphatic carbocycles. The number of rotatable bonds is 1. The number of hydrogen-bond donors (Lipinski definition) is 2. The lowest BCUT2D eigenvalue weighted by atomic mass is 10.1. The highest BCUT2D eigenvalue weighted by Crippen LogP contribution is 2.36. The lowest BCUT2D eigenvalue weighted by Gasteiger charge is -2.25. The summed E-state index contributed by atoms with van der Waals surface area (Å²) in [7, 11) is 0. The van der Waals surface area contributed by atoms with E-state index in [1.807, 2.05) is 0 Å². The normalized spacial score (nSPS) is 17.2. The van der Waals surface area contributed by atoms with Crippen molar-refractivity contribution < 1.29 is 9.18 Å². The number of benzene rings is 2. The van der Waals surface area contributed by atoms with E-state index in [4.69, 9.17) is 11.0 Å². The van der Waals surface area contributed by atoms with Crippen LogP contribution in [0.4, 0.5) is 21.5 Å². The molecule has 3 N–H and O–H groups in total. The minimum atomic E-state index is -0.808. The molecule has 0 spiro atoms. The van der Waals surface area contributed by atoms with Crippen LogP contribution in [0.1, 0.15) is 5.56 Å². The molecule has 0 saturated carbocycles. The van der Waals surface area contributed by atoms with Gasteiger partial charge in [0.1, 0.15) is 17.5 Å². The lowest BCUT2D eigenvalue weighted by molar-refractivity contribution is -0.117. The summed E-state index contributed by atoms with van der Waals surface area (Å²) >= 11 is 0. The van der Waals surface area contributed by atoms with Crippen LogP contribution in [0.2, 0.25) is 0 Å². The molecule has 3 rings (SSSR count). The van der Waals surface area contributed by atoms with E-state index >= 15 is 0 Å². The zero-order valence-electron chi connectivity index (χ0n) is 11.6. The Bertz CT molecular complexity index is 784. The van der Waals surface area contributed by atoms with Crippen molar-refractivity contribution in [1.82, 2.24) is 0 Å². The number of carbonyl (C=O) groups excluding carboxylic acids is 1. The first-order chi connectivity index (χ1) is 10.6. The van der Waals surface area contributed by atoms with Gasteiger partial charge in [-0.1, -0.05) is 12.1 Å². The van der Waals surface area contributed by atoms with Crippen molar-refractivity contribution in [3.05, 3.63) is 53.8 Å². The molecule has 22 heavy (non-hydrogen) atoms. The maximum atomic E-state index is 14.1. The largest absolute Gasteiger partial charge is 0.338 e. The summed E-state index contributed by atoms with van der Waals surface area (Å²) in [5.74, 6) is -0.966. The van der Waals surface area contributed by atoms with Crippen LogP contribution in [0.25, 0.3) is 0 Å². The Kier molecular flexibility index (Phi) is 3.49. The number of carbonyl (C=O) groups is 1. The number of nitrogens with two attached hydrogens (primary N) is 1. The number of anilines is 3. The van der Waals surface area contributed by atoms with Crippen LogP contribution in [-0.4, -0.2) is 18.5 Å². The SMILES string of the molecule is N#Cc1cccc(N2CC(N)C(=O)Nc3c(F)cccc32)c1. The number of halogens is 1. The molecular weight excluding hydrogens is 283 g/mol. The Morgan fingerprint density at radius 2 is 2.09 bits per heavy atom. The number of fused-ring (bicyclic) bond motifs is 1. The Morgan fingerprint density at radius 3 is 2.86 bits per heavy atom. The summed E-state index contributed by atoms with van der Waals surface area (Å²) in [4.78, 5) is 13.7. The fraction of sp³-hybridized carbons (Fsp3) is 0.125. The first-order valence-electron chi connectivity index (χ1n) is 6.73. The van der Waals surface area contributed by atoms with Crippen LogP contribution in [0, 0.1) is 17.1 Å². The number of nitrogens with zero attached hydrogens (tertiary/aromatic N) is 2. The first-order valence-corrected chi connectivity index (χ1v) is 6.73. The van der Waals surface area contributed by atoms with E-state index in [9.17, 15) is 9.18 Å². The van der Waals surface area contributed by atoms with Crippen LogP contribution >= 0.6 is 0 Å². The monoisotopic (exact) mass is 296 g/mol. The zero-order chi connectivity index (χ0) is 15.7. The highest BCUT2D eigenvalue weighted by molar-refractivity contribution is 6.00. The summed E-state index contributed by atoms with van der Waals surface area (Å²) in [6.07, 6.45) is 0. The third-order valence-electron chi connectivity index (χ3n) is 3.53. The minimum absolute atomic E-state index is 0.0998. The molecule has 2 aromatic rings.